The van der Waals surface area contributed by atoms with Crippen LogP contribution in [0.2, 0.25) is 0 Å². The Labute approximate surface area is 126 Å². The summed E-state index contributed by atoms with van der Waals surface area (Å²) >= 11 is 0. The summed E-state index contributed by atoms with van der Waals surface area (Å²) in [5.41, 5.74) is 5.94. The third-order valence-electron chi connectivity index (χ3n) is 3.47. The van der Waals surface area contributed by atoms with Crippen molar-refractivity contribution in [2.75, 3.05) is 6.61 Å². The highest BCUT2D eigenvalue weighted by molar-refractivity contribution is 5.88. The van der Waals surface area contributed by atoms with Crippen LogP contribution in [-0.4, -0.2) is 35.5 Å². The van der Waals surface area contributed by atoms with E-state index >= 15 is 0 Å². The van der Waals surface area contributed by atoms with Crippen molar-refractivity contribution in [3.63, 3.8) is 0 Å². The fourth-order valence-corrected chi connectivity index (χ4v) is 2.26. The van der Waals surface area contributed by atoms with Gasteiger partial charge in [0.2, 0.25) is 11.8 Å². The quantitative estimate of drug-likeness (QED) is 0.577. The van der Waals surface area contributed by atoms with E-state index in [9.17, 15) is 19.7 Å². The molecule has 1 fully saturated rings. The van der Waals surface area contributed by atoms with E-state index in [1.165, 1.54) is 24.3 Å². The van der Waals surface area contributed by atoms with E-state index in [2.05, 4.69) is 5.32 Å². The number of hydrogen-bond acceptors (Lipinski definition) is 5. The van der Waals surface area contributed by atoms with E-state index in [-0.39, 0.29) is 18.0 Å². The number of amides is 2. The van der Waals surface area contributed by atoms with Crippen LogP contribution in [0.1, 0.15) is 18.4 Å². The average molecular weight is 307 g/mol. The van der Waals surface area contributed by atoms with Crippen molar-refractivity contribution in [3.05, 3.63) is 39.9 Å². The van der Waals surface area contributed by atoms with Gasteiger partial charge in [0.25, 0.3) is 5.69 Å². The van der Waals surface area contributed by atoms with Gasteiger partial charge in [-0.1, -0.05) is 12.1 Å². The zero-order valence-electron chi connectivity index (χ0n) is 11.9. The predicted octanol–water partition coefficient (Wildman–Crippen LogP) is 0.286. The van der Waals surface area contributed by atoms with Crippen LogP contribution in [0.15, 0.2) is 24.3 Å². The molecular weight excluding hydrogens is 290 g/mol. The first kappa shape index (κ1) is 15.9. The second-order valence-electron chi connectivity index (χ2n) is 5.09. The molecule has 2 rings (SSSR count). The van der Waals surface area contributed by atoms with Crippen LogP contribution >= 0.6 is 0 Å². The highest BCUT2D eigenvalue weighted by atomic mass is 16.6. The number of nitrogens with zero attached hydrogens (tertiary/aromatic N) is 1. The van der Waals surface area contributed by atoms with Gasteiger partial charge in [-0.15, -0.1) is 0 Å². The summed E-state index contributed by atoms with van der Waals surface area (Å²) in [7, 11) is 0. The minimum absolute atomic E-state index is 0.0391. The van der Waals surface area contributed by atoms with E-state index in [0.717, 1.165) is 6.42 Å². The van der Waals surface area contributed by atoms with Crippen molar-refractivity contribution in [2.24, 2.45) is 5.73 Å². The van der Waals surface area contributed by atoms with Gasteiger partial charge in [-0.2, -0.15) is 0 Å². The number of ether oxygens (including phenoxy) is 1. The third-order valence-corrected chi connectivity index (χ3v) is 3.47. The Morgan fingerprint density at radius 2 is 2.09 bits per heavy atom. The maximum atomic E-state index is 12.0. The molecule has 0 bridgehead atoms. The summed E-state index contributed by atoms with van der Waals surface area (Å²) in [5, 5.41) is 13.2. The summed E-state index contributed by atoms with van der Waals surface area (Å²) in [5.74, 6) is -1.02. The molecule has 8 heteroatoms. The van der Waals surface area contributed by atoms with Crippen LogP contribution in [0.3, 0.4) is 0 Å². The minimum atomic E-state index is -0.877. The van der Waals surface area contributed by atoms with Gasteiger partial charge in [0, 0.05) is 25.2 Å². The molecule has 0 spiro atoms. The Bertz CT molecular complexity index is 566. The molecule has 0 radical (unpaired) electrons. The topological polar surface area (TPSA) is 125 Å². The number of nitrogens with two attached hydrogens (primary N) is 1. The van der Waals surface area contributed by atoms with Crippen LogP contribution in [-0.2, 0) is 20.7 Å². The Morgan fingerprint density at radius 3 is 2.59 bits per heavy atom. The molecule has 1 aromatic carbocycles. The first-order valence-corrected chi connectivity index (χ1v) is 6.92. The molecule has 1 saturated heterocycles. The van der Waals surface area contributed by atoms with Gasteiger partial charge < -0.3 is 15.8 Å². The fraction of sp³-hybridized carbons (Fsp3) is 0.429. The van der Waals surface area contributed by atoms with Gasteiger partial charge >= 0.3 is 0 Å². The van der Waals surface area contributed by atoms with Crippen molar-refractivity contribution in [2.45, 2.75) is 31.4 Å². The number of benzene rings is 1. The molecule has 0 saturated carbocycles. The number of non-ortho nitro benzene ring substituents is 1. The van der Waals surface area contributed by atoms with Crippen molar-refractivity contribution in [1.29, 1.82) is 0 Å². The van der Waals surface area contributed by atoms with Crippen LogP contribution < -0.4 is 11.1 Å². The summed E-state index contributed by atoms with van der Waals surface area (Å²) in [6.07, 6.45) is 1.06. The van der Waals surface area contributed by atoms with Gasteiger partial charge in [-0.25, -0.2) is 0 Å². The van der Waals surface area contributed by atoms with Crippen molar-refractivity contribution in [1.82, 2.24) is 5.32 Å². The van der Waals surface area contributed by atoms with E-state index in [1.54, 1.807) is 0 Å². The highest BCUT2D eigenvalue weighted by Gasteiger charge is 2.27. The zero-order valence-corrected chi connectivity index (χ0v) is 11.9. The maximum Gasteiger partial charge on any atom is 0.269 e. The van der Waals surface area contributed by atoms with Crippen LogP contribution in [0.5, 0.6) is 0 Å². The number of nitrogens with one attached hydrogen (secondary N) is 1. The number of nitro benzene ring substituents is 1. The molecule has 22 heavy (non-hydrogen) atoms. The molecule has 2 amide bonds. The Morgan fingerprint density at radius 1 is 1.41 bits per heavy atom. The maximum absolute atomic E-state index is 12.0. The zero-order chi connectivity index (χ0) is 16.1. The molecule has 1 aliphatic rings. The predicted molar refractivity (Wildman–Crippen MR) is 76.9 cm³/mol. The summed E-state index contributed by atoms with van der Waals surface area (Å²) in [6.45, 7) is 0.529. The lowest BCUT2D eigenvalue weighted by Crippen LogP contribution is -2.49. The average Bonchev–Trinajstić information content (AvgIpc) is 3.01. The van der Waals surface area contributed by atoms with Gasteiger partial charge in [-0.05, 0) is 18.4 Å². The van der Waals surface area contributed by atoms with E-state index in [1.807, 2.05) is 0 Å². The fourth-order valence-electron chi connectivity index (χ4n) is 2.26. The first-order chi connectivity index (χ1) is 10.5. The second kappa shape index (κ2) is 6.99. The summed E-state index contributed by atoms with van der Waals surface area (Å²) in [4.78, 5) is 33.5. The van der Waals surface area contributed by atoms with E-state index < -0.39 is 23.0 Å². The molecule has 0 unspecified atom stereocenters. The number of carbonyl (C=O) groups is 2. The molecule has 3 N–H and O–H groups in total. The number of rotatable bonds is 6. The van der Waals surface area contributed by atoms with Gasteiger partial charge in [0.1, 0.15) is 12.1 Å². The van der Waals surface area contributed by atoms with Crippen LogP contribution in [0.25, 0.3) is 0 Å². The third kappa shape index (κ3) is 4.01. The SMILES string of the molecule is NC(=O)[C@H](Cc1ccc([N+](=O)[O-])cc1)NC(=O)[C@@H]1CCCO1. The first-order valence-electron chi connectivity index (χ1n) is 6.92. The number of carbonyl (C=O) groups excluding carboxylic acids is 2. The Kier molecular flexibility index (Phi) is 5.05. The van der Waals surface area contributed by atoms with Crippen LogP contribution in [0, 0.1) is 10.1 Å². The molecule has 118 valence electrons. The molecule has 8 nitrogen and oxygen atoms in total. The van der Waals surface area contributed by atoms with E-state index in [4.69, 9.17) is 10.5 Å². The lowest BCUT2D eigenvalue weighted by molar-refractivity contribution is -0.384. The second-order valence-corrected chi connectivity index (χ2v) is 5.09. The van der Waals surface area contributed by atoms with Crippen LogP contribution in [0.4, 0.5) is 5.69 Å². The molecule has 1 aromatic rings. The van der Waals surface area contributed by atoms with Gasteiger partial charge in [0.05, 0.1) is 4.92 Å². The number of primary amides is 1. The standard InChI is InChI=1S/C14H17N3O5/c15-13(18)11(16-14(19)12-2-1-7-22-12)8-9-3-5-10(6-4-9)17(20)21/h3-6,11-12H,1-2,7-8H2,(H2,15,18)(H,16,19)/t11-,12-/m0/s1. The molecule has 0 aromatic heterocycles. The van der Waals surface area contributed by atoms with Gasteiger partial charge in [0.15, 0.2) is 0 Å². The Hall–Kier alpha value is -2.48. The Balaban J connectivity index is 2.00. The van der Waals surface area contributed by atoms with Gasteiger partial charge in [-0.3, -0.25) is 19.7 Å². The summed E-state index contributed by atoms with van der Waals surface area (Å²) < 4.78 is 5.25. The highest BCUT2D eigenvalue weighted by Crippen LogP contribution is 2.15. The van der Waals surface area contributed by atoms with Crippen molar-refractivity contribution < 1.29 is 19.2 Å². The van der Waals surface area contributed by atoms with Crippen molar-refractivity contribution in [3.8, 4) is 0 Å². The minimum Gasteiger partial charge on any atom is -0.368 e. The largest absolute Gasteiger partial charge is 0.368 e. The smallest absolute Gasteiger partial charge is 0.269 e. The lowest BCUT2D eigenvalue weighted by atomic mass is 10.0. The van der Waals surface area contributed by atoms with Crippen molar-refractivity contribution >= 4 is 17.5 Å². The lowest BCUT2D eigenvalue weighted by Gasteiger charge is -2.18. The molecule has 1 heterocycles. The molecule has 1 aliphatic heterocycles. The molecule has 0 aliphatic carbocycles. The number of nitro groups is 1. The number of hydrogen-bond donors (Lipinski definition) is 2. The van der Waals surface area contributed by atoms with E-state index in [0.29, 0.717) is 18.6 Å². The molecular formula is C14H17N3O5. The monoisotopic (exact) mass is 307 g/mol. The molecule has 2 atom stereocenters. The normalized spacial score (nSPS) is 18.6. The summed E-state index contributed by atoms with van der Waals surface area (Å²) in [6, 6.07) is 4.88.